The Morgan fingerprint density at radius 3 is 2.46 bits per heavy atom. The van der Waals surface area contributed by atoms with Gasteiger partial charge in [0.2, 0.25) is 5.91 Å². The molecule has 2 saturated heterocycles. The van der Waals surface area contributed by atoms with Crippen molar-refractivity contribution >= 4 is 23.2 Å². The van der Waals surface area contributed by atoms with Gasteiger partial charge in [-0.05, 0) is 36.2 Å². The van der Waals surface area contributed by atoms with Crippen molar-refractivity contribution in [3.8, 4) is 0 Å². The molecule has 6 heteroatoms. The molecule has 0 aliphatic carbocycles. The number of nitrogens with zero attached hydrogens (tertiary/aromatic N) is 2. The molecular weight excluding hydrogens is 348 g/mol. The lowest BCUT2D eigenvalue weighted by Gasteiger charge is -2.37. The second kappa shape index (κ2) is 7.66. The maximum Gasteiger partial charge on any atom is 0.241 e. The number of amides is 1. The van der Waals surface area contributed by atoms with Crippen LogP contribution in [0.1, 0.15) is 18.0 Å². The van der Waals surface area contributed by atoms with Gasteiger partial charge in [-0.15, -0.1) is 0 Å². The van der Waals surface area contributed by atoms with Crippen LogP contribution in [0.5, 0.6) is 0 Å². The maximum atomic E-state index is 12.9. The van der Waals surface area contributed by atoms with Crippen LogP contribution in [0.3, 0.4) is 0 Å². The average Bonchev–Trinajstić information content (AvgIpc) is 3.18. The quantitative estimate of drug-likeness (QED) is 0.872. The first kappa shape index (κ1) is 17.3. The van der Waals surface area contributed by atoms with E-state index in [4.69, 9.17) is 11.6 Å². The average molecular weight is 371 g/mol. The number of hydrogen-bond donors (Lipinski definition) is 2. The van der Waals surface area contributed by atoms with Gasteiger partial charge in [0.1, 0.15) is 6.04 Å². The number of benzene rings is 2. The Kier molecular flexibility index (Phi) is 5.11. The largest absolute Gasteiger partial charge is 0.368 e. The van der Waals surface area contributed by atoms with E-state index in [-0.39, 0.29) is 18.0 Å². The van der Waals surface area contributed by atoms with Crippen molar-refractivity contribution in [3.05, 3.63) is 65.2 Å². The normalized spacial score (nSPS) is 23.3. The molecule has 2 heterocycles. The molecule has 2 unspecified atom stereocenters. The van der Waals surface area contributed by atoms with E-state index in [1.807, 2.05) is 35.2 Å². The van der Waals surface area contributed by atoms with Crippen molar-refractivity contribution < 1.29 is 4.79 Å². The van der Waals surface area contributed by atoms with Crippen LogP contribution in [0.15, 0.2) is 54.6 Å². The summed E-state index contributed by atoms with van der Waals surface area (Å²) in [5.74, 6) is 0.176. The van der Waals surface area contributed by atoms with E-state index in [0.717, 1.165) is 43.2 Å². The van der Waals surface area contributed by atoms with Gasteiger partial charge in [-0.1, -0.05) is 41.9 Å². The number of nitrogens with one attached hydrogen (secondary N) is 2. The molecule has 2 atom stereocenters. The molecule has 0 spiro atoms. The second-order valence-corrected chi connectivity index (χ2v) is 7.27. The molecule has 2 aromatic carbocycles. The van der Waals surface area contributed by atoms with Gasteiger partial charge in [0.25, 0.3) is 0 Å². The summed E-state index contributed by atoms with van der Waals surface area (Å²) >= 11 is 6.08. The Balaban J connectivity index is 1.33. The summed E-state index contributed by atoms with van der Waals surface area (Å²) in [6.07, 6.45) is 0.734. The third-order valence-corrected chi connectivity index (χ3v) is 5.40. The number of rotatable bonds is 3. The molecule has 2 aliphatic rings. The standard InChI is InChI=1S/C20H23ClN4O/c21-16-6-4-5-15(13-16)18-14-19(23-22-18)20(26)25-11-9-24(10-12-25)17-7-2-1-3-8-17/h1-8,13,18-19,22-23H,9-12,14H2. The number of hydrazine groups is 1. The molecule has 2 N–H and O–H groups in total. The van der Waals surface area contributed by atoms with Crippen LogP contribution in [0.4, 0.5) is 5.69 Å². The topological polar surface area (TPSA) is 47.6 Å². The van der Waals surface area contributed by atoms with Gasteiger partial charge in [0, 0.05) is 42.9 Å². The fraction of sp³-hybridized carbons (Fsp3) is 0.350. The molecule has 2 aliphatic heterocycles. The van der Waals surface area contributed by atoms with Crippen LogP contribution in [-0.2, 0) is 4.79 Å². The van der Waals surface area contributed by atoms with Crippen LogP contribution in [-0.4, -0.2) is 43.0 Å². The van der Waals surface area contributed by atoms with Crippen molar-refractivity contribution in [3.63, 3.8) is 0 Å². The Bertz CT molecular complexity index is 761. The molecule has 1 amide bonds. The first-order chi connectivity index (χ1) is 12.7. The molecule has 136 valence electrons. The fourth-order valence-corrected chi connectivity index (χ4v) is 3.90. The van der Waals surface area contributed by atoms with Gasteiger partial charge >= 0.3 is 0 Å². The Morgan fingerprint density at radius 2 is 1.73 bits per heavy atom. The highest BCUT2D eigenvalue weighted by molar-refractivity contribution is 6.30. The van der Waals surface area contributed by atoms with Crippen molar-refractivity contribution in [1.82, 2.24) is 15.8 Å². The monoisotopic (exact) mass is 370 g/mol. The molecular formula is C20H23ClN4O. The van der Waals surface area contributed by atoms with Gasteiger partial charge in [0.15, 0.2) is 0 Å². The summed E-state index contributed by atoms with van der Waals surface area (Å²) in [6, 6.07) is 18.1. The van der Waals surface area contributed by atoms with Crippen LogP contribution in [0.25, 0.3) is 0 Å². The van der Waals surface area contributed by atoms with E-state index >= 15 is 0 Å². The van der Waals surface area contributed by atoms with E-state index in [9.17, 15) is 4.79 Å². The SMILES string of the molecule is O=C(C1CC(c2cccc(Cl)c2)NN1)N1CCN(c2ccccc2)CC1. The maximum absolute atomic E-state index is 12.9. The zero-order valence-corrected chi connectivity index (χ0v) is 15.3. The Hall–Kier alpha value is -2.08. The van der Waals surface area contributed by atoms with E-state index in [1.165, 1.54) is 5.69 Å². The summed E-state index contributed by atoms with van der Waals surface area (Å²) in [4.78, 5) is 17.2. The Morgan fingerprint density at radius 1 is 0.962 bits per heavy atom. The number of piperazine rings is 1. The summed E-state index contributed by atoms with van der Waals surface area (Å²) in [6.45, 7) is 3.25. The smallest absolute Gasteiger partial charge is 0.241 e. The highest BCUT2D eigenvalue weighted by Crippen LogP contribution is 2.25. The summed E-state index contributed by atoms with van der Waals surface area (Å²) < 4.78 is 0. The molecule has 2 aromatic rings. The van der Waals surface area contributed by atoms with Crippen LogP contribution in [0, 0.1) is 0 Å². The van der Waals surface area contributed by atoms with Crippen molar-refractivity contribution in [2.24, 2.45) is 0 Å². The fourth-order valence-electron chi connectivity index (χ4n) is 3.70. The van der Waals surface area contributed by atoms with E-state index in [2.05, 4.69) is 40.0 Å². The minimum atomic E-state index is -0.192. The highest BCUT2D eigenvalue weighted by atomic mass is 35.5. The Labute approximate surface area is 158 Å². The number of anilines is 1. The third-order valence-electron chi connectivity index (χ3n) is 5.17. The lowest BCUT2D eigenvalue weighted by molar-refractivity contribution is -0.133. The highest BCUT2D eigenvalue weighted by Gasteiger charge is 2.34. The number of carbonyl (C=O) groups is 1. The van der Waals surface area contributed by atoms with Gasteiger partial charge < -0.3 is 9.80 Å². The van der Waals surface area contributed by atoms with Crippen LogP contribution >= 0.6 is 11.6 Å². The van der Waals surface area contributed by atoms with Crippen LogP contribution < -0.4 is 15.8 Å². The lowest BCUT2D eigenvalue weighted by atomic mass is 10.0. The molecule has 0 radical (unpaired) electrons. The summed E-state index contributed by atoms with van der Waals surface area (Å²) in [7, 11) is 0. The molecule has 26 heavy (non-hydrogen) atoms. The predicted molar refractivity (Wildman–Crippen MR) is 104 cm³/mol. The number of carbonyl (C=O) groups excluding carboxylic acids is 1. The molecule has 0 bridgehead atoms. The van der Waals surface area contributed by atoms with E-state index < -0.39 is 0 Å². The third kappa shape index (κ3) is 3.70. The van der Waals surface area contributed by atoms with Gasteiger partial charge in [0.05, 0.1) is 0 Å². The number of halogens is 1. The molecule has 2 fully saturated rings. The first-order valence-corrected chi connectivity index (χ1v) is 9.44. The first-order valence-electron chi connectivity index (χ1n) is 9.06. The van der Waals surface area contributed by atoms with Gasteiger partial charge in [-0.3, -0.25) is 4.79 Å². The zero-order chi connectivity index (χ0) is 17.9. The molecule has 5 nitrogen and oxygen atoms in total. The minimum absolute atomic E-state index is 0.105. The van der Waals surface area contributed by atoms with Gasteiger partial charge in [-0.2, -0.15) is 0 Å². The van der Waals surface area contributed by atoms with E-state index in [1.54, 1.807) is 0 Å². The van der Waals surface area contributed by atoms with Crippen molar-refractivity contribution in [1.29, 1.82) is 0 Å². The molecule has 0 aromatic heterocycles. The lowest BCUT2D eigenvalue weighted by Crippen LogP contribution is -2.53. The van der Waals surface area contributed by atoms with Crippen molar-refractivity contribution in [2.45, 2.75) is 18.5 Å². The summed E-state index contributed by atoms with van der Waals surface area (Å²) in [5, 5.41) is 0.719. The summed E-state index contributed by atoms with van der Waals surface area (Å²) in [5.41, 5.74) is 8.73. The van der Waals surface area contributed by atoms with Crippen LogP contribution in [0.2, 0.25) is 5.02 Å². The molecule has 0 saturated carbocycles. The zero-order valence-electron chi connectivity index (χ0n) is 14.6. The van der Waals surface area contributed by atoms with E-state index in [0.29, 0.717) is 0 Å². The number of para-hydroxylation sites is 1. The van der Waals surface area contributed by atoms with Gasteiger partial charge in [-0.25, -0.2) is 10.9 Å². The minimum Gasteiger partial charge on any atom is -0.368 e. The second-order valence-electron chi connectivity index (χ2n) is 6.83. The predicted octanol–water partition coefficient (Wildman–Crippen LogP) is 2.60. The van der Waals surface area contributed by atoms with Crippen molar-refractivity contribution in [2.75, 3.05) is 31.1 Å². The number of hydrogen-bond acceptors (Lipinski definition) is 4. The molecule has 4 rings (SSSR count).